The Kier molecular flexibility index (Phi) is 14.8. The minimum atomic E-state index is -3.96. The number of aryl methyl sites for hydroxylation is 2. The molecule has 8 heterocycles. The van der Waals surface area contributed by atoms with Crippen molar-refractivity contribution in [2.24, 2.45) is 14.1 Å². The Balaban J connectivity index is 0.000000186. The van der Waals surface area contributed by atoms with Crippen molar-refractivity contribution in [3.05, 3.63) is 145 Å². The highest BCUT2D eigenvalue weighted by atomic mass is 32.2. The van der Waals surface area contributed by atoms with E-state index in [9.17, 15) is 27.0 Å². The molecule has 0 unspecified atom stereocenters. The Morgan fingerprint density at radius 3 is 1.18 bits per heavy atom. The number of rotatable bonds is 18. The van der Waals surface area contributed by atoms with Crippen LogP contribution in [0.5, 0.6) is 23.0 Å². The van der Waals surface area contributed by atoms with Crippen LogP contribution in [0.1, 0.15) is 49.1 Å². The maximum Gasteiger partial charge on any atom is 0.189 e. The summed E-state index contributed by atoms with van der Waals surface area (Å²) in [5.41, 5.74) is 3.56. The van der Waals surface area contributed by atoms with Crippen molar-refractivity contribution >= 4 is 31.0 Å². The molecule has 8 aromatic heterocycles. The second-order valence-electron chi connectivity index (χ2n) is 17.5. The van der Waals surface area contributed by atoms with Gasteiger partial charge in [-0.05, 0) is 74.5 Å². The van der Waals surface area contributed by atoms with Gasteiger partial charge in [0.05, 0.1) is 50.3 Å². The number of imidazole rings is 2. The molecule has 0 saturated carbocycles. The number of fused-ring (bicyclic) bond motifs is 2. The zero-order chi connectivity index (χ0) is 54.1. The largest absolute Gasteiger partial charge is 0.494 e. The molecule has 0 radical (unpaired) electrons. The fraction of sp³-hybridized carbons (Fsp3) is 0.280. The fourth-order valence-electron chi connectivity index (χ4n) is 8.48. The first-order valence-electron chi connectivity index (χ1n) is 23.4. The molecular weight excluding hydrogens is 1020 g/mol. The smallest absolute Gasteiger partial charge is 0.189 e. The molecule has 4 atom stereocenters. The predicted octanol–water partition coefficient (Wildman–Crippen LogP) is 4.74. The average Bonchev–Trinajstić information content (AvgIpc) is 4.31. The third-order valence-electron chi connectivity index (χ3n) is 12.7. The van der Waals surface area contributed by atoms with Gasteiger partial charge in [0, 0.05) is 51.3 Å². The van der Waals surface area contributed by atoms with E-state index in [0.717, 1.165) is 0 Å². The molecule has 24 nitrogen and oxygen atoms in total. The van der Waals surface area contributed by atoms with Crippen LogP contribution in [0.15, 0.2) is 122 Å². The summed E-state index contributed by atoms with van der Waals surface area (Å²) in [7, 11) is 1.64. The summed E-state index contributed by atoms with van der Waals surface area (Å²) >= 11 is 0. The van der Waals surface area contributed by atoms with E-state index < -0.39 is 53.9 Å². The molecule has 0 aliphatic heterocycles. The second kappa shape index (κ2) is 21.4. The molecule has 0 amide bonds. The maximum atomic E-state index is 13.6. The molecular formula is C50H54N14O10S2. The van der Waals surface area contributed by atoms with Crippen LogP contribution in [0.2, 0.25) is 0 Å². The lowest BCUT2D eigenvalue weighted by atomic mass is 10.2. The zero-order valence-electron chi connectivity index (χ0n) is 42.5. The number of nitrogens with zero attached hydrogens (tertiary/aromatic N) is 14. The van der Waals surface area contributed by atoms with Gasteiger partial charge in [0.25, 0.3) is 0 Å². The number of methoxy groups -OCH3 is 4. The van der Waals surface area contributed by atoms with Crippen molar-refractivity contribution < 1.29 is 46.0 Å². The Labute approximate surface area is 436 Å². The van der Waals surface area contributed by atoms with Crippen LogP contribution in [0.25, 0.3) is 45.7 Å². The number of benzene rings is 2. The molecule has 10 rings (SSSR count). The number of aliphatic hydroxyl groups excluding tert-OH is 2. The molecule has 2 N–H and O–H groups in total. The van der Waals surface area contributed by atoms with Gasteiger partial charge in [0.15, 0.2) is 43.0 Å². The summed E-state index contributed by atoms with van der Waals surface area (Å²) in [6.07, 6.45) is 7.58. The van der Waals surface area contributed by atoms with Gasteiger partial charge >= 0.3 is 0 Å². The molecule has 26 heteroatoms. The van der Waals surface area contributed by atoms with Crippen molar-refractivity contribution in [2.45, 2.75) is 48.1 Å². The van der Waals surface area contributed by atoms with Crippen molar-refractivity contribution in [3.63, 3.8) is 0 Å². The van der Waals surface area contributed by atoms with Crippen molar-refractivity contribution in [1.29, 1.82) is 0 Å². The van der Waals surface area contributed by atoms with Crippen LogP contribution in [0.4, 0.5) is 0 Å². The van der Waals surface area contributed by atoms with E-state index in [-0.39, 0.29) is 23.0 Å². The predicted molar refractivity (Wildman–Crippen MR) is 278 cm³/mol. The van der Waals surface area contributed by atoms with Crippen LogP contribution in [0, 0.1) is 0 Å². The number of aliphatic hydroxyl groups is 2. The van der Waals surface area contributed by atoms with E-state index in [2.05, 4.69) is 40.6 Å². The highest BCUT2D eigenvalue weighted by molar-refractivity contribution is 7.91. The van der Waals surface area contributed by atoms with Crippen molar-refractivity contribution in [3.8, 4) is 57.4 Å². The summed E-state index contributed by atoms with van der Waals surface area (Å²) < 4.78 is 86.6. The SMILES string of the molecule is COc1cccc(OC)c1-n1c(CS(=O)(=O)[C@@H](C)[C@H](O)c2cn3ccccc3n2)nnc1-c1ccn(C)n1.COc1cccc(OC)c1-n1c(CS(=O)(=O)[C@H](C)[C@@H](O)c2cn3ccccc3n2)nnc1-c1ccn(C)n1. The fourth-order valence-corrected chi connectivity index (χ4v) is 11.2. The maximum absolute atomic E-state index is 13.6. The topological polar surface area (TPSA) is 277 Å². The first-order chi connectivity index (χ1) is 36.5. The normalized spacial score (nSPS) is 13.5. The van der Waals surface area contributed by atoms with Gasteiger partial charge in [-0.3, -0.25) is 18.5 Å². The lowest BCUT2D eigenvalue weighted by molar-refractivity contribution is 0.171. The first kappa shape index (κ1) is 52.4. The summed E-state index contributed by atoms with van der Waals surface area (Å²) in [4.78, 5) is 8.77. The van der Waals surface area contributed by atoms with E-state index >= 15 is 0 Å². The summed E-state index contributed by atoms with van der Waals surface area (Å²) in [5.74, 6) is 1.54. The van der Waals surface area contributed by atoms with Gasteiger partial charge in [-0.2, -0.15) is 10.2 Å². The summed E-state index contributed by atoms with van der Waals surface area (Å²) in [6, 6.07) is 24.8. The number of para-hydroxylation sites is 2. The van der Waals surface area contributed by atoms with Crippen LogP contribution in [-0.2, 0) is 45.3 Å². The second-order valence-corrected chi connectivity index (χ2v) is 22.2. The summed E-state index contributed by atoms with van der Waals surface area (Å²) in [5, 5.41) is 45.5. The minimum absolute atomic E-state index is 0.113. The average molecular weight is 1080 g/mol. The van der Waals surface area contributed by atoms with Crippen LogP contribution < -0.4 is 18.9 Å². The summed E-state index contributed by atoms with van der Waals surface area (Å²) in [6.45, 7) is 2.90. The van der Waals surface area contributed by atoms with Crippen LogP contribution in [0.3, 0.4) is 0 Å². The van der Waals surface area contributed by atoms with Gasteiger partial charge in [-0.1, -0.05) is 24.3 Å². The van der Waals surface area contributed by atoms with Gasteiger partial charge in [-0.25, -0.2) is 26.8 Å². The van der Waals surface area contributed by atoms with Crippen LogP contribution in [-0.4, -0.2) is 134 Å². The molecule has 2 aromatic carbocycles. The Bertz CT molecular complexity index is 3550. The highest BCUT2D eigenvalue weighted by Crippen LogP contribution is 2.39. The van der Waals surface area contributed by atoms with E-state index in [1.54, 1.807) is 139 Å². The standard InChI is InChI=1S/2C25H27N7O5S/c2*1-16(24(33)18-14-31-12-6-5-10-21(31)26-18)38(34,35)15-22-27-28-25(17-11-13-30(2)29-17)32(22)23-19(36-3)8-7-9-20(23)37-4/h2*5-14,16,24,33H,15H2,1-4H3/t2*16-,24-/m10/s1. The quantitative estimate of drug-likeness (QED) is 0.117. The minimum Gasteiger partial charge on any atom is -0.494 e. The molecule has 0 spiro atoms. The van der Waals surface area contributed by atoms with Gasteiger partial charge in [0.2, 0.25) is 0 Å². The lowest BCUT2D eigenvalue weighted by Gasteiger charge is -2.19. The Morgan fingerprint density at radius 1 is 0.500 bits per heavy atom. The van der Waals surface area contributed by atoms with Crippen molar-refractivity contribution in [2.75, 3.05) is 28.4 Å². The lowest BCUT2D eigenvalue weighted by Crippen LogP contribution is -2.28. The molecule has 0 saturated heterocycles. The zero-order valence-corrected chi connectivity index (χ0v) is 44.1. The molecule has 0 bridgehead atoms. The monoisotopic (exact) mass is 1070 g/mol. The number of aromatic nitrogens is 14. The van der Waals surface area contributed by atoms with Gasteiger partial charge in [-0.15, -0.1) is 20.4 Å². The molecule has 396 valence electrons. The number of hydrogen-bond acceptors (Lipinski definition) is 18. The van der Waals surface area contributed by atoms with Gasteiger partial charge < -0.3 is 38.0 Å². The number of ether oxygens (including phenoxy) is 4. The van der Waals surface area contributed by atoms with E-state index in [4.69, 9.17) is 18.9 Å². The van der Waals surface area contributed by atoms with E-state index in [1.807, 2.05) is 24.3 Å². The Morgan fingerprint density at radius 2 is 0.868 bits per heavy atom. The van der Waals surface area contributed by atoms with Crippen LogP contribution >= 0.6 is 0 Å². The number of pyridine rings is 2. The van der Waals surface area contributed by atoms with E-state index in [1.165, 1.54) is 42.3 Å². The van der Waals surface area contributed by atoms with Crippen molar-refractivity contribution in [1.82, 2.24) is 67.9 Å². The number of sulfone groups is 2. The molecule has 0 aliphatic carbocycles. The third kappa shape index (κ3) is 10.2. The Hall–Kier alpha value is -8.46. The molecule has 76 heavy (non-hydrogen) atoms. The first-order valence-corrected chi connectivity index (χ1v) is 26.9. The third-order valence-corrected chi connectivity index (χ3v) is 16.8. The molecule has 0 aliphatic rings. The molecule has 0 fully saturated rings. The molecule has 10 aromatic rings. The highest BCUT2D eigenvalue weighted by Gasteiger charge is 2.36. The number of hydrogen-bond donors (Lipinski definition) is 2. The van der Waals surface area contributed by atoms with E-state index in [0.29, 0.717) is 68.7 Å². The van der Waals surface area contributed by atoms with Gasteiger partial charge in [0.1, 0.15) is 80.8 Å².